The maximum atomic E-state index is 12.5. The molecule has 1 aliphatic heterocycles. The molecule has 7 nitrogen and oxygen atoms in total. The minimum absolute atomic E-state index is 0.321. The predicted octanol–water partition coefficient (Wildman–Crippen LogP) is 1.69. The zero-order valence-corrected chi connectivity index (χ0v) is 12.4. The van der Waals surface area contributed by atoms with Crippen LogP contribution in [-0.2, 0) is 15.1 Å². The Hall–Kier alpha value is -3.09. The van der Waals surface area contributed by atoms with E-state index in [-0.39, 0.29) is 6.54 Å². The first-order valence-electron chi connectivity index (χ1n) is 7.04. The highest BCUT2D eigenvalue weighted by atomic mass is 16.3. The third kappa shape index (κ3) is 2.68. The molecule has 1 aliphatic rings. The zero-order chi connectivity index (χ0) is 16.4. The van der Waals surface area contributed by atoms with E-state index in [1.807, 2.05) is 6.07 Å². The molecule has 1 aromatic heterocycles. The molecule has 0 aliphatic carbocycles. The topological polar surface area (TPSA) is 91.7 Å². The molecule has 0 saturated carbocycles. The lowest BCUT2D eigenvalue weighted by Gasteiger charge is -2.18. The first-order chi connectivity index (χ1) is 11.0. The largest absolute Gasteiger partial charge is 0.466 e. The Morgan fingerprint density at radius 2 is 1.96 bits per heavy atom. The van der Waals surface area contributed by atoms with Crippen LogP contribution in [0.25, 0.3) is 0 Å². The van der Waals surface area contributed by atoms with Gasteiger partial charge in [0.2, 0.25) is 5.91 Å². The smallest absolute Gasteiger partial charge is 0.325 e. The maximum Gasteiger partial charge on any atom is 0.325 e. The number of anilines is 1. The second-order valence-electron chi connectivity index (χ2n) is 5.34. The molecule has 2 N–H and O–H groups in total. The van der Waals surface area contributed by atoms with Gasteiger partial charge in [-0.3, -0.25) is 14.5 Å². The van der Waals surface area contributed by atoms with Crippen molar-refractivity contribution >= 4 is 23.5 Å². The summed E-state index contributed by atoms with van der Waals surface area (Å²) in [5.74, 6) is -0.661. The third-order valence-electron chi connectivity index (χ3n) is 3.65. The average Bonchev–Trinajstić information content (AvgIpc) is 3.13. The molecule has 2 aromatic rings. The van der Waals surface area contributed by atoms with Gasteiger partial charge in [0.15, 0.2) is 5.54 Å². The van der Waals surface area contributed by atoms with Gasteiger partial charge in [-0.15, -0.1) is 0 Å². The molecule has 0 unspecified atom stereocenters. The summed E-state index contributed by atoms with van der Waals surface area (Å²) in [6, 6.07) is 11.4. The Labute approximate surface area is 132 Å². The number of carbonyl (C=O) groups excluding carboxylic acids is 3. The number of benzene rings is 1. The predicted molar refractivity (Wildman–Crippen MR) is 81.4 cm³/mol. The Morgan fingerprint density at radius 3 is 2.61 bits per heavy atom. The zero-order valence-electron chi connectivity index (χ0n) is 12.4. The number of urea groups is 1. The second kappa shape index (κ2) is 5.60. The van der Waals surface area contributed by atoms with E-state index >= 15 is 0 Å². The lowest BCUT2D eigenvalue weighted by Crippen LogP contribution is -2.41. The van der Waals surface area contributed by atoms with Gasteiger partial charge in [0, 0.05) is 5.69 Å². The van der Waals surface area contributed by atoms with Gasteiger partial charge in [-0.2, -0.15) is 0 Å². The van der Waals surface area contributed by atoms with Crippen molar-refractivity contribution in [3.8, 4) is 0 Å². The van der Waals surface area contributed by atoms with Crippen molar-refractivity contribution in [2.75, 3.05) is 11.9 Å². The molecule has 0 radical (unpaired) electrons. The van der Waals surface area contributed by atoms with Gasteiger partial charge in [0.25, 0.3) is 5.91 Å². The number of rotatable bonds is 4. The SMILES string of the molecule is C[C@@]1(c2ccco2)NC(=O)N(CC(=O)Nc2ccccc2)C1=O. The van der Waals surface area contributed by atoms with Gasteiger partial charge >= 0.3 is 6.03 Å². The van der Waals surface area contributed by atoms with Crippen molar-refractivity contribution in [1.29, 1.82) is 0 Å². The van der Waals surface area contributed by atoms with Crippen molar-refractivity contribution in [3.63, 3.8) is 0 Å². The Kier molecular flexibility index (Phi) is 3.61. The van der Waals surface area contributed by atoms with Crippen LogP contribution < -0.4 is 10.6 Å². The highest BCUT2D eigenvalue weighted by molar-refractivity contribution is 6.09. The number of carbonyl (C=O) groups is 3. The van der Waals surface area contributed by atoms with Crippen LogP contribution in [0.15, 0.2) is 53.1 Å². The fraction of sp³-hybridized carbons (Fsp3) is 0.188. The molecular weight excluding hydrogens is 298 g/mol. The highest BCUT2D eigenvalue weighted by Crippen LogP contribution is 2.28. The molecule has 1 saturated heterocycles. The van der Waals surface area contributed by atoms with Crippen LogP contribution in [0.3, 0.4) is 0 Å². The van der Waals surface area contributed by atoms with Crippen molar-refractivity contribution in [1.82, 2.24) is 10.2 Å². The standard InChI is InChI=1S/C16H15N3O4/c1-16(12-8-5-9-23-12)14(21)19(15(22)18-16)10-13(20)17-11-6-3-2-4-7-11/h2-9H,10H2,1H3,(H,17,20)(H,18,22)/t16-/m0/s1. The van der Waals surface area contributed by atoms with Gasteiger partial charge in [0.1, 0.15) is 12.3 Å². The molecule has 2 heterocycles. The van der Waals surface area contributed by atoms with E-state index in [9.17, 15) is 14.4 Å². The molecule has 4 amide bonds. The van der Waals surface area contributed by atoms with Crippen molar-refractivity contribution in [2.24, 2.45) is 0 Å². The monoisotopic (exact) mass is 313 g/mol. The van der Waals surface area contributed by atoms with Crippen LogP contribution in [0.4, 0.5) is 10.5 Å². The summed E-state index contributed by atoms with van der Waals surface area (Å²) in [7, 11) is 0. The summed E-state index contributed by atoms with van der Waals surface area (Å²) in [5, 5.41) is 5.20. The number of hydrogen-bond acceptors (Lipinski definition) is 4. The van der Waals surface area contributed by atoms with Crippen molar-refractivity contribution < 1.29 is 18.8 Å². The molecule has 0 spiro atoms. The van der Waals surface area contributed by atoms with E-state index in [0.717, 1.165) is 4.90 Å². The molecule has 1 fully saturated rings. The van der Waals surface area contributed by atoms with Crippen LogP contribution in [0, 0.1) is 0 Å². The van der Waals surface area contributed by atoms with Gasteiger partial charge in [0.05, 0.1) is 6.26 Å². The van der Waals surface area contributed by atoms with Crippen LogP contribution in [-0.4, -0.2) is 29.3 Å². The normalized spacial score (nSPS) is 20.5. The number of amides is 4. The molecule has 1 aromatic carbocycles. The number of hydrogen-bond donors (Lipinski definition) is 2. The fourth-order valence-electron chi connectivity index (χ4n) is 2.44. The van der Waals surface area contributed by atoms with E-state index in [1.54, 1.807) is 43.3 Å². The number of nitrogens with zero attached hydrogens (tertiary/aromatic N) is 1. The molecule has 23 heavy (non-hydrogen) atoms. The molecule has 3 rings (SSSR count). The minimum Gasteiger partial charge on any atom is -0.466 e. The summed E-state index contributed by atoms with van der Waals surface area (Å²) < 4.78 is 5.23. The lowest BCUT2D eigenvalue weighted by atomic mass is 9.99. The van der Waals surface area contributed by atoms with Gasteiger partial charge < -0.3 is 15.1 Å². The Balaban J connectivity index is 1.72. The van der Waals surface area contributed by atoms with Crippen LogP contribution >= 0.6 is 0 Å². The summed E-state index contributed by atoms with van der Waals surface area (Å²) in [5.41, 5.74) is -0.702. The molecule has 118 valence electrons. The van der Waals surface area contributed by atoms with Crippen LogP contribution in [0.5, 0.6) is 0 Å². The van der Waals surface area contributed by atoms with E-state index in [2.05, 4.69) is 10.6 Å². The molecular formula is C16H15N3O4. The maximum absolute atomic E-state index is 12.5. The number of nitrogens with one attached hydrogen (secondary N) is 2. The van der Waals surface area contributed by atoms with E-state index in [0.29, 0.717) is 11.4 Å². The van der Waals surface area contributed by atoms with Crippen LogP contribution in [0.1, 0.15) is 12.7 Å². The molecule has 0 bridgehead atoms. The molecule has 1 atom stereocenters. The van der Waals surface area contributed by atoms with Gasteiger partial charge in [-0.25, -0.2) is 4.79 Å². The fourth-order valence-corrected chi connectivity index (χ4v) is 2.44. The summed E-state index contributed by atoms with van der Waals surface area (Å²) in [4.78, 5) is 37.5. The Morgan fingerprint density at radius 1 is 1.22 bits per heavy atom. The highest BCUT2D eigenvalue weighted by Gasteiger charge is 2.51. The van der Waals surface area contributed by atoms with E-state index < -0.39 is 23.4 Å². The quantitative estimate of drug-likeness (QED) is 0.840. The van der Waals surface area contributed by atoms with Gasteiger partial charge in [-0.05, 0) is 31.2 Å². The number of furan rings is 1. The van der Waals surface area contributed by atoms with E-state index in [4.69, 9.17) is 4.42 Å². The number of imide groups is 1. The Bertz CT molecular complexity index is 742. The number of para-hydroxylation sites is 1. The second-order valence-corrected chi connectivity index (χ2v) is 5.34. The summed E-state index contributed by atoms with van der Waals surface area (Å²) in [6.45, 7) is 1.18. The summed E-state index contributed by atoms with van der Waals surface area (Å²) in [6.07, 6.45) is 1.42. The lowest BCUT2D eigenvalue weighted by molar-refractivity contribution is -0.134. The molecule has 7 heteroatoms. The summed E-state index contributed by atoms with van der Waals surface area (Å²) >= 11 is 0. The van der Waals surface area contributed by atoms with Gasteiger partial charge in [-0.1, -0.05) is 18.2 Å². The van der Waals surface area contributed by atoms with Crippen LogP contribution in [0.2, 0.25) is 0 Å². The first-order valence-corrected chi connectivity index (χ1v) is 7.04. The first kappa shape index (κ1) is 14.8. The van der Waals surface area contributed by atoms with E-state index in [1.165, 1.54) is 6.26 Å². The van der Waals surface area contributed by atoms with Crippen molar-refractivity contribution in [2.45, 2.75) is 12.5 Å². The third-order valence-corrected chi connectivity index (χ3v) is 3.65. The minimum atomic E-state index is -1.30. The van der Waals surface area contributed by atoms with Crippen molar-refractivity contribution in [3.05, 3.63) is 54.5 Å². The average molecular weight is 313 g/mol.